The first-order chi connectivity index (χ1) is 12.0. The summed E-state index contributed by atoms with van der Waals surface area (Å²) < 4.78 is 7.01. The van der Waals surface area contributed by atoms with Crippen LogP contribution in [0.15, 0.2) is 24.3 Å². The van der Waals surface area contributed by atoms with Crippen molar-refractivity contribution in [3.8, 4) is 5.69 Å². The van der Waals surface area contributed by atoms with Gasteiger partial charge in [0, 0.05) is 17.7 Å². The molecule has 1 aliphatic heterocycles. The first-order valence-corrected chi connectivity index (χ1v) is 8.72. The van der Waals surface area contributed by atoms with Crippen LogP contribution >= 0.6 is 0 Å². The second-order valence-corrected chi connectivity index (χ2v) is 6.83. The van der Waals surface area contributed by atoms with Gasteiger partial charge in [-0.25, -0.2) is 9.48 Å². The summed E-state index contributed by atoms with van der Waals surface area (Å²) in [7, 11) is 0. The SMILES string of the molecule is Cc1ccccc1-n1nc(C(=O)N[C@@H]2C[C@@H](C)OC2=O)c2c1CCC2. The molecule has 6 nitrogen and oxygen atoms in total. The average Bonchev–Trinajstić information content (AvgIpc) is 3.24. The number of cyclic esters (lactones) is 1. The number of aryl methyl sites for hydroxylation is 1. The Labute approximate surface area is 146 Å². The Kier molecular flexibility index (Phi) is 3.82. The summed E-state index contributed by atoms with van der Waals surface area (Å²) in [6.07, 6.45) is 3.11. The number of hydrogen-bond acceptors (Lipinski definition) is 4. The van der Waals surface area contributed by atoms with Gasteiger partial charge >= 0.3 is 5.97 Å². The highest BCUT2D eigenvalue weighted by Gasteiger charge is 2.35. The van der Waals surface area contributed by atoms with Gasteiger partial charge in [-0.2, -0.15) is 5.10 Å². The molecule has 6 heteroatoms. The number of fused-ring (bicyclic) bond motifs is 1. The third-order valence-electron chi connectivity index (χ3n) is 4.96. The van der Waals surface area contributed by atoms with Crippen LogP contribution < -0.4 is 5.32 Å². The van der Waals surface area contributed by atoms with Crippen molar-refractivity contribution in [2.24, 2.45) is 0 Å². The largest absolute Gasteiger partial charge is 0.461 e. The van der Waals surface area contributed by atoms with Crippen LogP contribution in [-0.2, 0) is 22.4 Å². The highest BCUT2D eigenvalue weighted by molar-refractivity contribution is 5.97. The molecule has 1 aromatic heterocycles. The van der Waals surface area contributed by atoms with Crippen molar-refractivity contribution in [2.75, 3.05) is 0 Å². The van der Waals surface area contributed by atoms with E-state index in [0.717, 1.165) is 41.8 Å². The Morgan fingerprint density at radius 1 is 1.32 bits per heavy atom. The number of hydrogen-bond donors (Lipinski definition) is 1. The van der Waals surface area contributed by atoms with E-state index in [2.05, 4.69) is 10.4 Å². The molecule has 4 rings (SSSR count). The maximum atomic E-state index is 12.7. The molecule has 130 valence electrons. The molecule has 2 aromatic rings. The molecule has 1 aliphatic carbocycles. The van der Waals surface area contributed by atoms with Gasteiger partial charge in [-0.3, -0.25) is 4.79 Å². The van der Waals surface area contributed by atoms with E-state index in [1.807, 2.05) is 42.8 Å². The van der Waals surface area contributed by atoms with E-state index in [0.29, 0.717) is 12.1 Å². The van der Waals surface area contributed by atoms with E-state index in [1.165, 1.54) is 0 Å². The molecular formula is C19H21N3O3. The number of carbonyl (C=O) groups excluding carboxylic acids is 2. The van der Waals surface area contributed by atoms with Gasteiger partial charge in [0.2, 0.25) is 0 Å². The van der Waals surface area contributed by atoms with Crippen molar-refractivity contribution in [3.05, 3.63) is 46.8 Å². The van der Waals surface area contributed by atoms with E-state index in [4.69, 9.17) is 4.74 Å². The standard InChI is InChI=1S/C19H21N3O3/c1-11-6-3-4-8-15(11)22-16-9-5-7-13(16)17(21-22)18(23)20-14-10-12(2)25-19(14)24/h3-4,6,8,12,14H,5,7,9-10H2,1-2H3,(H,20,23)/t12-,14-/m1/s1. The summed E-state index contributed by atoms with van der Waals surface area (Å²) in [6.45, 7) is 3.86. The number of ether oxygens (including phenoxy) is 1. The fourth-order valence-electron chi connectivity index (χ4n) is 3.72. The van der Waals surface area contributed by atoms with Gasteiger partial charge in [-0.15, -0.1) is 0 Å². The fourth-order valence-corrected chi connectivity index (χ4v) is 3.72. The molecule has 0 saturated carbocycles. The lowest BCUT2D eigenvalue weighted by Crippen LogP contribution is -2.38. The molecule has 0 bridgehead atoms. The van der Waals surface area contributed by atoms with Crippen LogP contribution in [0.25, 0.3) is 5.69 Å². The van der Waals surface area contributed by atoms with Gasteiger partial charge < -0.3 is 10.1 Å². The molecule has 0 spiro atoms. The lowest BCUT2D eigenvalue weighted by molar-refractivity contribution is -0.142. The summed E-state index contributed by atoms with van der Waals surface area (Å²) >= 11 is 0. The van der Waals surface area contributed by atoms with E-state index >= 15 is 0 Å². The third kappa shape index (κ3) is 2.71. The smallest absolute Gasteiger partial charge is 0.329 e. The van der Waals surface area contributed by atoms with Crippen LogP contribution in [0.4, 0.5) is 0 Å². The summed E-state index contributed by atoms with van der Waals surface area (Å²) in [5.41, 5.74) is 4.64. The van der Waals surface area contributed by atoms with Crippen molar-refractivity contribution < 1.29 is 14.3 Å². The van der Waals surface area contributed by atoms with Crippen LogP contribution in [0, 0.1) is 6.92 Å². The number of nitrogens with one attached hydrogen (secondary N) is 1. The van der Waals surface area contributed by atoms with E-state index in [-0.39, 0.29) is 18.0 Å². The molecule has 1 N–H and O–H groups in total. The average molecular weight is 339 g/mol. The minimum absolute atomic E-state index is 0.159. The molecule has 1 amide bonds. The van der Waals surface area contributed by atoms with Crippen molar-refractivity contribution in [1.82, 2.24) is 15.1 Å². The number of benzene rings is 1. The number of carbonyl (C=O) groups is 2. The fraction of sp³-hybridized carbons (Fsp3) is 0.421. The molecule has 1 fully saturated rings. The minimum Gasteiger partial charge on any atom is -0.461 e. The normalized spacial score (nSPS) is 21.9. The Morgan fingerprint density at radius 3 is 2.84 bits per heavy atom. The van der Waals surface area contributed by atoms with Gasteiger partial charge in [-0.05, 0) is 44.7 Å². The summed E-state index contributed by atoms with van der Waals surface area (Å²) in [4.78, 5) is 24.5. The van der Waals surface area contributed by atoms with E-state index < -0.39 is 6.04 Å². The topological polar surface area (TPSA) is 73.2 Å². The van der Waals surface area contributed by atoms with Gasteiger partial charge in [0.05, 0.1) is 5.69 Å². The molecule has 1 aromatic carbocycles. The van der Waals surface area contributed by atoms with Crippen molar-refractivity contribution >= 4 is 11.9 Å². The second-order valence-electron chi connectivity index (χ2n) is 6.83. The Bertz CT molecular complexity index is 856. The quantitative estimate of drug-likeness (QED) is 0.869. The van der Waals surface area contributed by atoms with Crippen molar-refractivity contribution in [3.63, 3.8) is 0 Å². The molecule has 1 saturated heterocycles. The van der Waals surface area contributed by atoms with Crippen LogP contribution in [-0.4, -0.2) is 33.8 Å². The number of nitrogens with zero attached hydrogens (tertiary/aromatic N) is 2. The Balaban J connectivity index is 1.67. The summed E-state index contributed by atoms with van der Waals surface area (Å²) in [5.74, 6) is -0.655. The zero-order valence-corrected chi connectivity index (χ0v) is 14.4. The number of rotatable bonds is 3. The predicted octanol–water partition coefficient (Wildman–Crippen LogP) is 2.10. The molecule has 25 heavy (non-hydrogen) atoms. The molecule has 2 aliphatic rings. The molecule has 2 heterocycles. The molecule has 0 radical (unpaired) electrons. The Hall–Kier alpha value is -2.63. The third-order valence-corrected chi connectivity index (χ3v) is 4.96. The number of aromatic nitrogens is 2. The van der Waals surface area contributed by atoms with Crippen LogP contribution in [0.2, 0.25) is 0 Å². The summed E-state index contributed by atoms with van der Waals surface area (Å²) in [6, 6.07) is 7.43. The van der Waals surface area contributed by atoms with Gasteiger partial charge in [0.25, 0.3) is 5.91 Å². The van der Waals surface area contributed by atoms with Gasteiger partial charge in [0.1, 0.15) is 12.1 Å². The molecule has 2 atom stereocenters. The second kappa shape index (κ2) is 6.02. The van der Waals surface area contributed by atoms with E-state index in [9.17, 15) is 9.59 Å². The highest BCUT2D eigenvalue weighted by atomic mass is 16.6. The molecule has 0 unspecified atom stereocenters. The maximum Gasteiger partial charge on any atom is 0.329 e. The van der Waals surface area contributed by atoms with Gasteiger partial charge in [0.15, 0.2) is 5.69 Å². The first kappa shape index (κ1) is 15.9. The van der Waals surface area contributed by atoms with Crippen LogP contribution in [0.5, 0.6) is 0 Å². The number of para-hydroxylation sites is 1. The van der Waals surface area contributed by atoms with Crippen molar-refractivity contribution in [2.45, 2.75) is 51.7 Å². The first-order valence-electron chi connectivity index (χ1n) is 8.72. The molecular weight excluding hydrogens is 318 g/mol. The maximum absolute atomic E-state index is 12.7. The predicted molar refractivity (Wildman–Crippen MR) is 91.8 cm³/mol. The summed E-state index contributed by atoms with van der Waals surface area (Å²) in [5, 5.41) is 7.40. The minimum atomic E-state index is -0.580. The number of amides is 1. The highest BCUT2D eigenvalue weighted by Crippen LogP contribution is 2.29. The zero-order chi connectivity index (χ0) is 17.6. The van der Waals surface area contributed by atoms with Crippen molar-refractivity contribution in [1.29, 1.82) is 0 Å². The van der Waals surface area contributed by atoms with Gasteiger partial charge in [-0.1, -0.05) is 18.2 Å². The van der Waals surface area contributed by atoms with Crippen LogP contribution in [0.3, 0.4) is 0 Å². The zero-order valence-electron chi connectivity index (χ0n) is 14.4. The monoisotopic (exact) mass is 339 g/mol. The van der Waals surface area contributed by atoms with Crippen LogP contribution in [0.1, 0.15) is 47.1 Å². The Morgan fingerprint density at radius 2 is 2.12 bits per heavy atom. The lowest BCUT2D eigenvalue weighted by Gasteiger charge is -2.09. The number of esters is 1. The lowest BCUT2D eigenvalue weighted by atomic mass is 10.1. The van der Waals surface area contributed by atoms with E-state index in [1.54, 1.807) is 0 Å².